The molecule has 1 atom stereocenters. The molecule has 0 aromatic carbocycles. The Morgan fingerprint density at radius 2 is 2.18 bits per heavy atom. The Bertz CT molecular complexity index is 431. The molecule has 1 unspecified atom stereocenters. The summed E-state index contributed by atoms with van der Waals surface area (Å²) in [5.74, 6) is -0.0519. The number of aliphatic hydroxyl groups excluding tert-OH is 1. The second-order valence-electron chi connectivity index (χ2n) is 3.92. The first-order valence-corrected chi connectivity index (χ1v) is 5.34. The first-order chi connectivity index (χ1) is 8.17. The lowest BCUT2D eigenvalue weighted by Gasteiger charge is -2.10. The molecule has 1 aromatic rings. The number of methoxy groups -OCH3 is 2. The van der Waals surface area contributed by atoms with Crippen molar-refractivity contribution in [3.05, 3.63) is 11.9 Å². The van der Waals surface area contributed by atoms with Crippen LogP contribution in [0.3, 0.4) is 0 Å². The van der Waals surface area contributed by atoms with Gasteiger partial charge in [-0.1, -0.05) is 0 Å². The number of aromatic nitrogens is 2. The number of carbonyl (C=O) groups is 1. The number of Topliss-reactive ketones (excluding diaryl/α,β-unsaturated/α-hetero) is 1. The predicted octanol–water partition coefficient (Wildman–Crippen LogP) is 0.447. The molecule has 1 aromatic heterocycles. The van der Waals surface area contributed by atoms with Gasteiger partial charge in [0.2, 0.25) is 17.5 Å². The minimum Gasteiger partial charge on any atom is -0.480 e. The minimum absolute atomic E-state index is 0.0488. The number of aliphatic hydroxyl groups is 1. The van der Waals surface area contributed by atoms with Crippen molar-refractivity contribution in [2.45, 2.75) is 18.9 Å². The SMILES string of the molecule is COc1cnc(C(=O)C(O)C2CC2)c(OC)n1. The van der Waals surface area contributed by atoms with Crippen molar-refractivity contribution < 1.29 is 19.4 Å². The van der Waals surface area contributed by atoms with Crippen LogP contribution in [0, 0.1) is 5.92 Å². The van der Waals surface area contributed by atoms with E-state index < -0.39 is 11.9 Å². The fourth-order valence-electron chi connectivity index (χ4n) is 1.53. The number of ether oxygens (including phenoxy) is 2. The molecule has 1 aliphatic rings. The Morgan fingerprint density at radius 3 is 2.71 bits per heavy atom. The van der Waals surface area contributed by atoms with E-state index in [-0.39, 0.29) is 23.4 Å². The molecule has 0 amide bonds. The monoisotopic (exact) mass is 238 g/mol. The zero-order valence-electron chi connectivity index (χ0n) is 9.71. The fourth-order valence-corrected chi connectivity index (χ4v) is 1.53. The average molecular weight is 238 g/mol. The van der Waals surface area contributed by atoms with Crippen molar-refractivity contribution in [2.24, 2.45) is 5.92 Å². The molecule has 1 saturated carbocycles. The molecule has 0 aliphatic heterocycles. The summed E-state index contributed by atoms with van der Waals surface area (Å²) >= 11 is 0. The van der Waals surface area contributed by atoms with Crippen LogP contribution in [0.1, 0.15) is 23.3 Å². The first-order valence-electron chi connectivity index (χ1n) is 5.34. The van der Waals surface area contributed by atoms with Crippen LogP contribution in [-0.4, -0.2) is 41.2 Å². The molecule has 0 spiro atoms. The van der Waals surface area contributed by atoms with Crippen LogP contribution >= 0.6 is 0 Å². The number of rotatable bonds is 5. The van der Waals surface area contributed by atoms with Crippen molar-refractivity contribution in [3.63, 3.8) is 0 Å². The summed E-state index contributed by atoms with van der Waals surface area (Å²) < 4.78 is 9.86. The minimum atomic E-state index is -1.01. The number of carbonyl (C=O) groups excluding carboxylic acids is 1. The molecular formula is C11H14N2O4. The molecule has 1 N–H and O–H groups in total. The third-order valence-electron chi connectivity index (χ3n) is 2.69. The van der Waals surface area contributed by atoms with Gasteiger partial charge in [0.1, 0.15) is 6.10 Å². The third-order valence-corrected chi connectivity index (χ3v) is 2.69. The van der Waals surface area contributed by atoms with Gasteiger partial charge >= 0.3 is 0 Å². The molecule has 2 rings (SSSR count). The Kier molecular flexibility index (Phi) is 3.23. The maximum atomic E-state index is 11.9. The Balaban J connectivity index is 2.27. The standard InChI is InChI=1S/C11H14N2O4/c1-16-7-5-12-8(11(13-7)17-2)10(15)9(14)6-3-4-6/h5-6,9,14H,3-4H2,1-2H3. The van der Waals surface area contributed by atoms with Gasteiger partial charge in [-0.3, -0.25) is 4.79 Å². The van der Waals surface area contributed by atoms with Crippen LogP contribution in [-0.2, 0) is 0 Å². The van der Waals surface area contributed by atoms with Crippen molar-refractivity contribution >= 4 is 5.78 Å². The van der Waals surface area contributed by atoms with Gasteiger partial charge in [0, 0.05) is 0 Å². The van der Waals surface area contributed by atoms with Crippen molar-refractivity contribution in [1.82, 2.24) is 9.97 Å². The van der Waals surface area contributed by atoms with E-state index in [1.807, 2.05) is 0 Å². The number of hydrogen-bond acceptors (Lipinski definition) is 6. The topological polar surface area (TPSA) is 81.5 Å². The highest BCUT2D eigenvalue weighted by atomic mass is 16.5. The van der Waals surface area contributed by atoms with E-state index in [2.05, 4.69) is 9.97 Å². The molecule has 6 heteroatoms. The van der Waals surface area contributed by atoms with E-state index in [4.69, 9.17) is 9.47 Å². The Labute approximate surface area is 98.6 Å². The van der Waals surface area contributed by atoms with E-state index in [1.54, 1.807) is 0 Å². The maximum Gasteiger partial charge on any atom is 0.246 e. The summed E-state index contributed by atoms with van der Waals surface area (Å²) in [5, 5.41) is 9.75. The summed E-state index contributed by atoms with van der Waals surface area (Å²) in [5.41, 5.74) is 0.0488. The Hall–Kier alpha value is -1.69. The quantitative estimate of drug-likeness (QED) is 0.750. The van der Waals surface area contributed by atoms with Gasteiger partial charge in [0.25, 0.3) is 0 Å². The van der Waals surface area contributed by atoms with Crippen LogP contribution in [0.25, 0.3) is 0 Å². The van der Waals surface area contributed by atoms with Crippen molar-refractivity contribution in [3.8, 4) is 11.8 Å². The van der Waals surface area contributed by atoms with Gasteiger partial charge in [0.05, 0.1) is 20.4 Å². The highest BCUT2D eigenvalue weighted by Crippen LogP contribution is 2.34. The van der Waals surface area contributed by atoms with Gasteiger partial charge in [-0.2, -0.15) is 4.98 Å². The van der Waals surface area contributed by atoms with Crippen LogP contribution in [0.15, 0.2) is 6.20 Å². The lowest BCUT2D eigenvalue weighted by molar-refractivity contribution is 0.0693. The third kappa shape index (κ3) is 2.36. The fraction of sp³-hybridized carbons (Fsp3) is 0.545. The molecular weight excluding hydrogens is 224 g/mol. The number of nitrogens with zero attached hydrogens (tertiary/aromatic N) is 2. The highest BCUT2D eigenvalue weighted by molar-refractivity contribution is 5.99. The molecule has 0 bridgehead atoms. The summed E-state index contributed by atoms with van der Waals surface area (Å²) in [6.07, 6.45) is 2.07. The lowest BCUT2D eigenvalue weighted by atomic mass is 10.1. The van der Waals surface area contributed by atoms with E-state index in [1.165, 1.54) is 20.4 Å². The zero-order valence-corrected chi connectivity index (χ0v) is 9.71. The molecule has 92 valence electrons. The van der Waals surface area contributed by atoms with E-state index in [0.29, 0.717) is 0 Å². The summed E-state index contributed by atoms with van der Waals surface area (Å²) in [7, 11) is 2.84. The molecule has 6 nitrogen and oxygen atoms in total. The molecule has 17 heavy (non-hydrogen) atoms. The van der Waals surface area contributed by atoms with Gasteiger partial charge < -0.3 is 14.6 Å². The average Bonchev–Trinajstić information content (AvgIpc) is 3.20. The van der Waals surface area contributed by atoms with E-state index >= 15 is 0 Å². The van der Waals surface area contributed by atoms with Gasteiger partial charge in [-0.15, -0.1) is 0 Å². The maximum absolute atomic E-state index is 11.9. The molecule has 1 aliphatic carbocycles. The van der Waals surface area contributed by atoms with Crippen molar-refractivity contribution in [2.75, 3.05) is 14.2 Å². The predicted molar refractivity (Wildman–Crippen MR) is 58.2 cm³/mol. The smallest absolute Gasteiger partial charge is 0.246 e. The van der Waals surface area contributed by atoms with Crippen molar-refractivity contribution in [1.29, 1.82) is 0 Å². The van der Waals surface area contributed by atoms with Gasteiger partial charge in [-0.05, 0) is 18.8 Å². The van der Waals surface area contributed by atoms with Crippen LogP contribution in [0.4, 0.5) is 0 Å². The van der Waals surface area contributed by atoms with Gasteiger partial charge in [0.15, 0.2) is 5.69 Å². The molecule has 1 heterocycles. The van der Waals surface area contributed by atoms with E-state index in [9.17, 15) is 9.90 Å². The highest BCUT2D eigenvalue weighted by Gasteiger charge is 2.37. The summed E-state index contributed by atoms with van der Waals surface area (Å²) in [6.45, 7) is 0. The number of ketones is 1. The largest absolute Gasteiger partial charge is 0.480 e. The molecule has 0 saturated heterocycles. The van der Waals surface area contributed by atoms with Crippen LogP contribution in [0.2, 0.25) is 0 Å². The summed E-state index contributed by atoms with van der Waals surface area (Å²) in [4.78, 5) is 19.8. The first kappa shape index (κ1) is 11.8. The zero-order chi connectivity index (χ0) is 12.4. The lowest BCUT2D eigenvalue weighted by Crippen LogP contribution is -2.24. The Morgan fingerprint density at radius 1 is 1.47 bits per heavy atom. The van der Waals surface area contributed by atoms with Gasteiger partial charge in [-0.25, -0.2) is 4.98 Å². The number of hydrogen-bond donors (Lipinski definition) is 1. The normalized spacial score (nSPS) is 16.4. The second kappa shape index (κ2) is 4.67. The van der Waals surface area contributed by atoms with Crippen LogP contribution < -0.4 is 9.47 Å². The van der Waals surface area contributed by atoms with E-state index in [0.717, 1.165) is 12.8 Å². The van der Waals surface area contributed by atoms with Crippen LogP contribution in [0.5, 0.6) is 11.8 Å². The summed E-state index contributed by atoms with van der Waals surface area (Å²) in [6, 6.07) is 0. The molecule has 0 radical (unpaired) electrons. The molecule has 1 fully saturated rings. The second-order valence-corrected chi connectivity index (χ2v) is 3.92.